The summed E-state index contributed by atoms with van der Waals surface area (Å²) in [6, 6.07) is 0. The minimum absolute atomic E-state index is 0.102. The fourth-order valence-corrected chi connectivity index (χ4v) is 5.53. The molecule has 4 fully saturated rings. The Morgan fingerprint density at radius 1 is 1.24 bits per heavy atom. The van der Waals surface area contributed by atoms with Crippen LogP contribution in [0.3, 0.4) is 0 Å². The Morgan fingerprint density at radius 2 is 1.76 bits per heavy atom. The minimum atomic E-state index is -0.855. The summed E-state index contributed by atoms with van der Waals surface area (Å²) in [5.41, 5.74) is 0.928. The van der Waals surface area contributed by atoms with E-state index in [1.165, 1.54) is 44.9 Å². The normalized spacial score (nSPS) is 39.5. The van der Waals surface area contributed by atoms with Crippen LogP contribution < -0.4 is 0 Å². The van der Waals surface area contributed by atoms with Gasteiger partial charge >= 0.3 is 5.97 Å². The first-order chi connectivity index (χ1) is 9.96. The predicted octanol–water partition coefficient (Wildman–Crippen LogP) is 4.03. The second-order valence-corrected chi connectivity index (χ2v) is 7.90. The number of rotatable bonds is 6. The molecule has 0 aromatic heterocycles. The Bertz CT molecular complexity index is 402. The summed E-state index contributed by atoms with van der Waals surface area (Å²) in [7, 11) is 0. The van der Waals surface area contributed by atoms with E-state index in [4.69, 9.17) is 9.84 Å². The molecule has 4 saturated carbocycles. The maximum absolute atomic E-state index is 10.8. The zero-order valence-corrected chi connectivity index (χ0v) is 13.3. The fraction of sp³-hybridized carbons (Fsp3) is 0.833. The Morgan fingerprint density at radius 3 is 2.24 bits per heavy atom. The molecule has 0 aromatic rings. The molecule has 1 N–H and O–H groups in total. The van der Waals surface area contributed by atoms with E-state index in [2.05, 4.69) is 0 Å². The highest BCUT2D eigenvalue weighted by molar-refractivity contribution is 5.85. The van der Waals surface area contributed by atoms with Crippen LogP contribution in [0, 0.1) is 23.2 Å². The molecule has 1 atom stereocenters. The molecule has 4 rings (SSSR count). The highest BCUT2D eigenvalue weighted by Crippen LogP contribution is 2.61. The van der Waals surface area contributed by atoms with Crippen molar-refractivity contribution in [2.24, 2.45) is 23.2 Å². The van der Waals surface area contributed by atoms with E-state index < -0.39 is 5.97 Å². The molecule has 0 heterocycles. The molecule has 3 nitrogen and oxygen atoms in total. The van der Waals surface area contributed by atoms with Gasteiger partial charge in [0, 0.05) is 12.2 Å². The Balaban J connectivity index is 1.49. The topological polar surface area (TPSA) is 46.5 Å². The van der Waals surface area contributed by atoms with Crippen LogP contribution in [-0.2, 0) is 9.53 Å². The van der Waals surface area contributed by atoms with Crippen LogP contribution in [0.5, 0.6) is 0 Å². The van der Waals surface area contributed by atoms with Crippen molar-refractivity contribution >= 4 is 5.97 Å². The molecule has 4 bridgehead atoms. The lowest BCUT2D eigenvalue weighted by atomic mass is 9.49. The van der Waals surface area contributed by atoms with Gasteiger partial charge < -0.3 is 9.84 Å². The molecule has 118 valence electrons. The first-order valence-corrected chi connectivity index (χ1v) is 8.49. The largest absolute Gasteiger partial charge is 0.478 e. The zero-order chi connectivity index (χ0) is 15.0. The Labute approximate surface area is 127 Å². The van der Waals surface area contributed by atoms with Gasteiger partial charge in [-0.25, -0.2) is 4.79 Å². The minimum Gasteiger partial charge on any atom is -0.478 e. The third-order valence-corrected chi connectivity index (χ3v) is 6.00. The molecular formula is C18H28O3. The van der Waals surface area contributed by atoms with Crippen molar-refractivity contribution in [3.8, 4) is 0 Å². The number of hydrogen-bond donors (Lipinski definition) is 1. The van der Waals surface area contributed by atoms with Crippen molar-refractivity contribution in [1.82, 2.24) is 0 Å². The predicted molar refractivity (Wildman–Crippen MR) is 82.0 cm³/mol. The van der Waals surface area contributed by atoms with Gasteiger partial charge in [-0.1, -0.05) is 0 Å². The Kier molecular flexibility index (Phi) is 4.13. The average molecular weight is 292 g/mol. The first kappa shape index (κ1) is 15.1. The Hall–Kier alpha value is -0.830. The summed E-state index contributed by atoms with van der Waals surface area (Å²) in [6.07, 6.45) is 11.5. The van der Waals surface area contributed by atoms with E-state index >= 15 is 0 Å². The molecule has 0 amide bonds. The average Bonchev–Trinajstić information content (AvgIpc) is 2.36. The van der Waals surface area contributed by atoms with Crippen molar-refractivity contribution < 1.29 is 14.6 Å². The molecule has 4 aliphatic carbocycles. The third-order valence-electron chi connectivity index (χ3n) is 6.00. The van der Waals surface area contributed by atoms with Crippen molar-refractivity contribution in [3.05, 3.63) is 11.6 Å². The molecule has 0 spiro atoms. The lowest BCUT2D eigenvalue weighted by molar-refractivity contribution is -0.132. The molecule has 3 heteroatoms. The lowest BCUT2D eigenvalue weighted by Gasteiger charge is -2.57. The zero-order valence-electron chi connectivity index (χ0n) is 13.3. The van der Waals surface area contributed by atoms with Gasteiger partial charge in [-0.2, -0.15) is 0 Å². The molecule has 0 saturated heterocycles. The lowest BCUT2D eigenvalue weighted by Crippen LogP contribution is -2.46. The van der Waals surface area contributed by atoms with Crippen molar-refractivity contribution in [2.75, 3.05) is 6.61 Å². The molecule has 4 aliphatic rings. The summed E-state index contributed by atoms with van der Waals surface area (Å²) in [5.74, 6) is 2.11. The number of ether oxygens (including phenoxy) is 1. The summed E-state index contributed by atoms with van der Waals surface area (Å²) < 4.78 is 5.86. The quantitative estimate of drug-likeness (QED) is 0.752. The van der Waals surface area contributed by atoms with Crippen LogP contribution in [0.15, 0.2) is 11.6 Å². The standard InChI is InChI=1S/C18H28O3/c1-12(17(19)20)5-13(2)21-4-3-18-9-14-6-15(10-18)8-16(7-14)11-18/h5,13-16H,3-4,6-11H2,1-2H3,(H,19,20). The highest BCUT2D eigenvalue weighted by atomic mass is 16.5. The fourth-order valence-electron chi connectivity index (χ4n) is 5.53. The molecule has 0 aliphatic heterocycles. The van der Waals surface area contributed by atoms with Crippen molar-refractivity contribution in [3.63, 3.8) is 0 Å². The van der Waals surface area contributed by atoms with Gasteiger partial charge in [0.1, 0.15) is 0 Å². The number of aliphatic carboxylic acids is 1. The summed E-state index contributed by atoms with van der Waals surface area (Å²) >= 11 is 0. The summed E-state index contributed by atoms with van der Waals surface area (Å²) in [6.45, 7) is 4.34. The SMILES string of the molecule is CC(=CC(C)OCCC12CC3CC(CC(C3)C1)C2)C(=O)O. The van der Waals surface area contributed by atoms with Gasteiger partial charge in [0.2, 0.25) is 0 Å². The maximum Gasteiger partial charge on any atom is 0.331 e. The van der Waals surface area contributed by atoms with E-state index in [-0.39, 0.29) is 6.10 Å². The second-order valence-electron chi connectivity index (χ2n) is 7.90. The van der Waals surface area contributed by atoms with Gasteiger partial charge in [-0.05, 0) is 88.0 Å². The van der Waals surface area contributed by atoms with E-state index in [0.717, 1.165) is 24.4 Å². The van der Waals surface area contributed by atoms with Crippen LogP contribution in [-0.4, -0.2) is 23.8 Å². The van der Waals surface area contributed by atoms with E-state index in [0.29, 0.717) is 11.0 Å². The molecule has 1 unspecified atom stereocenters. The molecule has 0 radical (unpaired) electrons. The van der Waals surface area contributed by atoms with Crippen LogP contribution >= 0.6 is 0 Å². The number of carboxylic acid groups (broad SMARTS) is 1. The summed E-state index contributed by atoms with van der Waals surface area (Å²) in [4.78, 5) is 10.8. The first-order valence-electron chi connectivity index (χ1n) is 8.49. The number of carboxylic acids is 1. The number of hydrogen-bond acceptors (Lipinski definition) is 2. The molecule has 0 aromatic carbocycles. The molecular weight excluding hydrogens is 264 g/mol. The van der Waals surface area contributed by atoms with Gasteiger partial charge in [0.05, 0.1) is 6.10 Å². The van der Waals surface area contributed by atoms with Crippen LogP contribution in [0.4, 0.5) is 0 Å². The second kappa shape index (κ2) is 5.75. The van der Waals surface area contributed by atoms with Gasteiger partial charge in [-0.15, -0.1) is 0 Å². The van der Waals surface area contributed by atoms with Crippen LogP contribution in [0.25, 0.3) is 0 Å². The summed E-state index contributed by atoms with van der Waals surface area (Å²) in [5, 5.41) is 8.89. The van der Waals surface area contributed by atoms with Crippen molar-refractivity contribution in [1.29, 1.82) is 0 Å². The van der Waals surface area contributed by atoms with Gasteiger partial charge in [-0.3, -0.25) is 0 Å². The smallest absolute Gasteiger partial charge is 0.331 e. The highest BCUT2D eigenvalue weighted by Gasteiger charge is 2.50. The molecule has 21 heavy (non-hydrogen) atoms. The maximum atomic E-state index is 10.8. The van der Waals surface area contributed by atoms with E-state index in [1.54, 1.807) is 13.0 Å². The van der Waals surface area contributed by atoms with Crippen molar-refractivity contribution in [2.45, 2.75) is 64.9 Å². The van der Waals surface area contributed by atoms with Crippen LogP contribution in [0.1, 0.15) is 58.8 Å². The third kappa shape index (κ3) is 3.33. The van der Waals surface area contributed by atoms with Gasteiger partial charge in [0.25, 0.3) is 0 Å². The van der Waals surface area contributed by atoms with E-state index in [9.17, 15) is 4.79 Å². The van der Waals surface area contributed by atoms with E-state index in [1.807, 2.05) is 6.92 Å². The van der Waals surface area contributed by atoms with Gasteiger partial charge in [0.15, 0.2) is 0 Å². The monoisotopic (exact) mass is 292 g/mol. The number of carbonyl (C=O) groups is 1. The van der Waals surface area contributed by atoms with Crippen LogP contribution in [0.2, 0.25) is 0 Å².